The Morgan fingerprint density at radius 1 is 1.21 bits per heavy atom. The average molecular weight is 260 g/mol. The predicted octanol–water partition coefficient (Wildman–Crippen LogP) is 0.550. The SMILES string of the molecule is CN(CC(=O)N(C)C)Cc1ccc(C#CCO)cc1. The molecule has 1 rings (SSSR count). The third kappa shape index (κ3) is 5.56. The molecule has 0 bridgehead atoms. The number of rotatable bonds is 4. The van der Waals surface area contributed by atoms with Gasteiger partial charge in [-0.1, -0.05) is 24.0 Å². The number of aliphatic hydroxyl groups excluding tert-OH is 1. The fourth-order valence-electron chi connectivity index (χ4n) is 1.57. The van der Waals surface area contributed by atoms with E-state index in [4.69, 9.17) is 5.11 Å². The third-order valence-corrected chi connectivity index (χ3v) is 2.62. The molecule has 0 atom stereocenters. The topological polar surface area (TPSA) is 43.8 Å². The van der Waals surface area contributed by atoms with E-state index in [0.717, 1.165) is 11.1 Å². The van der Waals surface area contributed by atoms with Gasteiger partial charge in [0.1, 0.15) is 6.61 Å². The Bertz CT molecular complexity index is 469. The zero-order chi connectivity index (χ0) is 14.3. The van der Waals surface area contributed by atoms with E-state index in [2.05, 4.69) is 11.8 Å². The Hall–Kier alpha value is -1.83. The lowest BCUT2D eigenvalue weighted by atomic mass is 10.1. The van der Waals surface area contributed by atoms with Crippen LogP contribution in [0.2, 0.25) is 0 Å². The molecule has 0 aliphatic heterocycles. The molecule has 1 aromatic rings. The first-order chi connectivity index (χ1) is 9.02. The van der Waals surface area contributed by atoms with Crippen LogP contribution in [0.15, 0.2) is 24.3 Å². The van der Waals surface area contributed by atoms with Crippen molar-refractivity contribution in [2.45, 2.75) is 6.54 Å². The van der Waals surface area contributed by atoms with Crippen molar-refractivity contribution in [1.29, 1.82) is 0 Å². The minimum atomic E-state index is -0.128. The van der Waals surface area contributed by atoms with E-state index in [9.17, 15) is 4.79 Å². The third-order valence-electron chi connectivity index (χ3n) is 2.62. The minimum Gasteiger partial charge on any atom is -0.384 e. The van der Waals surface area contributed by atoms with Gasteiger partial charge in [-0.3, -0.25) is 9.69 Å². The summed E-state index contributed by atoms with van der Waals surface area (Å²) in [5, 5.41) is 8.61. The number of hydrogen-bond donors (Lipinski definition) is 1. The number of amides is 1. The van der Waals surface area contributed by atoms with Crippen molar-refractivity contribution in [1.82, 2.24) is 9.80 Å². The highest BCUT2D eigenvalue weighted by molar-refractivity contribution is 5.77. The first-order valence-corrected chi connectivity index (χ1v) is 6.10. The van der Waals surface area contributed by atoms with Crippen molar-refractivity contribution in [3.05, 3.63) is 35.4 Å². The molecule has 19 heavy (non-hydrogen) atoms. The molecule has 1 amide bonds. The van der Waals surface area contributed by atoms with Gasteiger partial charge in [-0.05, 0) is 24.7 Å². The number of hydrogen-bond acceptors (Lipinski definition) is 3. The van der Waals surface area contributed by atoms with Crippen molar-refractivity contribution in [3.63, 3.8) is 0 Å². The molecular formula is C15H20N2O2. The molecule has 0 radical (unpaired) electrons. The Morgan fingerprint density at radius 3 is 2.37 bits per heavy atom. The van der Waals surface area contributed by atoms with Gasteiger partial charge in [-0.2, -0.15) is 0 Å². The van der Waals surface area contributed by atoms with Crippen molar-refractivity contribution in [2.75, 3.05) is 34.3 Å². The van der Waals surface area contributed by atoms with Crippen LogP contribution in [0.25, 0.3) is 0 Å². The van der Waals surface area contributed by atoms with Crippen LogP contribution in [0.1, 0.15) is 11.1 Å². The Morgan fingerprint density at radius 2 is 1.84 bits per heavy atom. The molecule has 1 aromatic carbocycles. The number of nitrogens with zero attached hydrogens (tertiary/aromatic N) is 2. The van der Waals surface area contributed by atoms with Gasteiger partial charge in [0.2, 0.25) is 5.91 Å². The van der Waals surface area contributed by atoms with Crippen LogP contribution >= 0.6 is 0 Å². The number of carbonyl (C=O) groups is 1. The lowest BCUT2D eigenvalue weighted by Crippen LogP contribution is -2.34. The van der Waals surface area contributed by atoms with Gasteiger partial charge < -0.3 is 10.0 Å². The Kier molecular flexibility index (Phi) is 6.07. The summed E-state index contributed by atoms with van der Waals surface area (Å²) in [5.41, 5.74) is 2.01. The van der Waals surface area contributed by atoms with Crippen LogP contribution in [0.4, 0.5) is 0 Å². The van der Waals surface area contributed by atoms with Gasteiger partial charge in [0, 0.05) is 26.2 Å². The summed E-state index contributed by atoms with van der Waals surface area (Å²) in [5.74, 6) is 5.55. The molecule has 0 saturated heterocycles. The lowest BCUT2D eigenvalue weighted by molar-refractivity contribution is -0.129. The highest BCUT2D eigenvalue weighted by Gasteiger charge is 2.08. The summed E-state index contributed by atoms with van der Waals surface area (Å²) in [6, 6.07) is 7.80. The number of carbonyl (C=O) groups excluding carboxylic acids is 1. The van der Waals surface area contributed by atoms with E-state index >= 15 is 0 Å². The van der Waals surface area contributed by atoms with E-state index < -0.39 is 0 Å². The van der Waals surface area contributed by atoms with Crippen LogP contribution in [0.3, 0.4) is 0 Å². The summed E-state index contributed by atoms with van der Waals surface area (Å²) >= 11 is 0. The monoisotopic (exact) mass is 260 g/mol. The largest absolute Gasteiger partial charge is 0.384 e. The first-order valence-electron chi connectivity index (χ1n) is 6.10. The van der Waals surface area contributed by atoms with Crippen LogP contribution in [0, 0.1) is 11.8 Å². The molecule has 4 heteroatoms. The molecule has 0 fully saturated rings. The van der Waals surface area contributed by atoms with Crippen molar-refractivity contribution in [2.24, 2.45) is 0 Å². The van der Waals surface area contributed by atoms with Gasteiger partial charge in [0.15, 0.2) is 0 Å². The molecule has 0 aliphatic rings. The average Bonchev–Trinajstić information content (AvgIpc) is 2.37. The molecular weight excluding hydrogens is 240 g/mol. The van der Waals surface area contributed by atoms with E-state index in [0.29, 0.717) is 13.1 Å². The highest BCUT2D eigenvalue weighted by atomic mass is 16.2. The minimum absolute atomic E-state index is 0.0907. The van der Waals surface area contributed by atoms with Gasteiger partial charge in [-0.15, -0.1) is 0 Å². The van der Waals surface area contributed by atoms with E-state index in [1.165, 1.54) is 0 Å². The summed E-state index contributed by atoms with van der Waals surface area (Å²) in [6.45, 7) is 0.990. The molecule has 4 nitrogen and oxygen atoms in total. The van der Waals surface area contributed by atoms with E-state index in [-0.39, 0.29) is 12.5 Å². The molecule has 1 N–H and O–H groups in total. The van der Waals surface area contributed by atoms with E-state index in [1.807, 2.05) is 36.2 Å². The van der Waals surface area contributed by atoms with Crippen LogP contribution in [-0.2, 0) is 11.3 Å². The molecule has 0 heterocycles. The quantitative estimate of drug-likeness (QED) is 0.804. The number of likely N-dealkylation sites (N-methyl/N-ethyl adjacent to an activating group) is 2. The fourth-order valence-corrected chi connectivity index (χ4v) is 1.57. The first kappa shape index (κ1) is 15.2. The van der Waals surface area contributed by atoms with Crippen molar-refractivity contribution in [3.8, 4) is 11.8 Å². The second kappa shape index (κ2) is 7.57. The summed E-state index contributed by atoms with van der Waals surface area (Å²) in [4.78, 5) is 15.1. The zero-order valence-electron chi connectivity index (χ0n) is 11.7. The maximum Gasteiger partial charge on any atom is 0.236 e. The molecule has 0 unspecified atom stereocenters. The van der Waals surface area contributed by atoms with Crippen LogP contribution in [-0.4, -0.2) is 55.1 Å². The van der Waals surface area contributed by atoms with Gasteiger partial charge in [-0.25, -0.2) is 0 Å². The molecule has 0 saturated carbocycles. The molecule has 0 aliphatic carbocycles. The second-order valence-corrected chi connectivity index (χ2v) is 4.62. The van der Waals surface area contributed by atoms with Crippen LogP contribution in [0.5, 0.6) is 0 Å². The van der Waals surface area contributed by atoms with Crippen molar-refractivity contribution < 1.29 is 9.90 Å². The van der Waals surface area contributed by atoms with E-state index in [1.54, 1.807) is 19.0 Å². The molecule has 0 spiro atoms. The number of benzene rings is 1. The summed E-state index contributed by atoms with van der Waals surface area (Å²) < 4.78 is 0. The predicted molar refractivity (Wildman–Crippen MR) is 75.4 cm³/mol. The lowest BCUT2D eigenvalue weighted by Gasteiger charge is -2.18. The van der Waals surface area contributed by atoms with Gasteiger partial charge in [0.05, 0.1) is 6.54 Å². The number of aliphatic hydroxyl groups is 1. The summed E-state index contributed by atoms with van der Waals surface area (Å²) in [7, 11) is 5.43. The normalized spacial score (nSPS) is 9.95. The molecule has 0 aromatic heterocycles. The maximum absolute atomic E-state index is 11.6. The highest BCUT2D eigenvalue weighted by Crippen LogP contribution is 2.06. The maximum atomic E-state index is 11.6. The smallest absolute Gasteiger partial charge is 0.236 e. The van der Waals surface area contributed by atoms with Gasteiger partial charge in [0.25, 0.3) is 0 Å². The zero-order valence-corrected chi connectivity index (χ0v) is 11.7. The second-order valence-electron chi connectivity index (χ2n) is 4.62. The van der Waals surface area contributed by atoms with Crippen LogP contribution < -0.4 is 0 Å². The standard InChI is InChI=1S/C15H20N2O2/c1-16(2)15(19)12-17(3)11-14-8-6-13(7-9-14)5-4-10-18/h6-9,18H,10-12H2,1-3H3. The van der Waals surface area contributed by atoms with Gasteiger partial charge >= 0.3 is 0 Å². The summed E-state index contributed by atoms with van der Waals surface area (Å²) in [6.07, 6.45) is 0. The molecule has 102 valence electrons. The Labute approximate surface area is 114 Å². The fraction of sp³-hybridized carbons (Fsp3) is 0.400. The van der Waals surface area contributed by atoms with Crippen molar-refractivity contribution >= 4 is 5.91 Å². The Balaban J connectivity index is 2.55.